The zero-order valence-corrected chi connectivity index (χ0v) is 12.1. The second-order valence-electron chi connectivity index (χ2n) is 5.32. The maximum absolute atomic E-state index is 6.02. The Balaban J connectivity index is 1.86. The van der Waals surface area contributed by atoms with Gasteiger partial charge in [-0.05, 0) is 51.1 Å². The van der Waals surface area contributed by atoms with Gasteiger partial charge in [0.2, 0.25) is 0 Å². The van der Waals surface area contributed by atoms with E-state index in [1.165, 1.54) is 31.4 Å². The summed E-state index contributed by atoms with van der Waals surface area (Å²) in [4.78, 5) is 2.47. The molecule has 1 saturated heterocycles. The second kappa shape index (κ2) is 6.55. The summed E-state index contributed by atoms with van der Waals surface area (Å²) in [6.45, 7) is 4.50. The van der Waals surface area contributed by atoms with E-state index in [9.17, 15) is 0 Å². The van der Waals surface area contributed by atoms with Crippen LogP contribution in [-0.4, -0.2) is 31.1 Å². The molecule has 0 radical (unpaired) electrons. The van der Waals surface area contributed by atoms with Crippen molar-refractivity contribution in [1.29, 1.82) is 0 Å². The third-order valence-electron chi connectivity index (χ3n) is 3.93. The molecule has 1 aromatic carbocycles. The molecular weight excluding hydrogens is 244 g/mol. The minimum Gasteiger partial charge on any atom is -0.309 e. The number of hydrogen-bond acceptors (Lipinski definition) is 2. The molecule has 3 heteroatoms. The third kappa shape index (κ3) is 3.71. The van der Waals surface area contributed by atoms with Crippen LogP contribution >= 0.6 is 11.6 Å². The van der Waals surface area contributed by atoms with Gasteiger partial charge in [0, 0.05) is 23.7 Å². The summed E-state index contributed by atoms with van der Waals surface area (Å²) in [5.41, 5.74) is 1.26. The molecule has 1 aliphatic rings. The number of rotatable bonds is 4. The molecule has 1 aliphatic heterocycles. The SMILES string of the molecule is C[C@@H](NCC1CCCCN1C)c1cccc(Cl)c1. The fourth-order valence-corrected chi connectivity index (χ4v) is 2.81. The second-order valence-corrected chi connectivity index (χ2v) is 5.75. The van der Waals surface area contributed by atoms with Crippen molar-refractivity contribution in [2.45, 2.75) is 38.3 Å². The van der Waals surface area contributed by atoms with Gasteiger partial charge in [-0.1, -0.05) is 30.2 Å². The van der Waals surface area contributed by atoms with Gasteiger partial charge < -0.3 is 10.2 Å². The summed E-state index contributed by atoms with van der Waals surface area (Å²) in [6.07, 6.45) is 4.02. The van der Waals surface area contributed by atoms with Gasteiger partial charge in [0.1, 0.15) is 0 Å². The molecule has 0 bridgehead atoms. The Kier molecular flexibility index (Phi) is 5.04. The first-order valence-corrected chi connectivity index (χ1v) is 7.23. The van der Waals surface area contributed by atoms with Crippen molar-refractivity contribution in [2.24, 2.45) is 0 Å². The van der Waals surface area contributed by atoms with Crippen molar-refractivity contribution in [3.05, 3.63) is 34.9 Å². The number of nitrogens with zero attached hydrogens (tertiary/aromatic N) is 1. The molecule has 2 rings (SSSR count). The Bertz CT molecular complexity index is 381. The molecule has 100 valence electrons. The van der Waals surface area contributed by atoms with E-state index in [0.717, 1.165) is 11.6 Å². The van der Waals surface area contributed by atoms with Gasteiger partial charge in [0.05, 0.1) is 0 Å². The maximum atomic E-state index is 6.02. The quantitative estimate of drug-likeness (QED) is 0.898. The smallest absolute Gasteiger partial charge is 0.0409 e. The van der Waals surface area contributed by atoms with Gasteiger partial charge in [-0.2, -0.15) is 0 Å². The number of nitrogens with one attached hydrogen (secondary N) is 1. The van der Waals surface area contributed by atoms with Crippen molar-refractivity contribution in [3.63, 3.8) is 0 Å². The number of piperidine rings is 1. The minimum atomic E-state index is 0.360. The lowest BCUT2D eigenvalue weighted by molar-refractivity contribution is 0.178. The first-order valence-electron chi connectivity index (χ1n) is 6.86. The summed E-state index contributed by atoms with van der Waals surface area (Å²) in [5.74, 6) is 0. The Labute approximate surface area is 115 Å². The Morgan fingerprint density at radius 1 is 1.44 bits per heavy atom. The fourth-order valence-electron chi connectivity index (χ4n) is 2.61. The van der Waals surface area contributed by atoms with Crippen molar-refractivity contribution < 1.29 is 0 Å². The molecule has 2 atom stereocenters. The molecule has 18 heavy (non-hydrogen) atoms. The number of likely N-dealkylation sites (tertiary alicyclic amines) is 1. The fraction of sp³-hybridized carbons (Fsp3) is 0.600. The normalized spacial score (nSPS) is 22.9. The largest absolute Gasteiger partial charge is 0.309 e. The zero-order chi connectivity index (χ0) is 13.0. The summed E-state index contributed by atoms with van der Waals surface area (Å²) in [7, 11) is 2.23. The van der Waals surface area contributed by atoms with Gasteiger partial charge in [-0.25, -0.2) is 0 Å². The monoisotopic (exact) mass is 266 g/mol. The molecule has 1 aromatic rings. The summed E-state index contributed by atoms with van der Waals surface area (Å²) < 4.78 is 0. The van der Waals surface area contributed by atoms with E-state index in [-0.39, 0.29) is 0 Å². The van der Waals surface area contributed by atoms with Crippen molar-refractivity contribution in [2.75, 3.05) is 20.1 Å². The van der Waals surface area contributed by atoms with Crippen molar-refractivity contribution in [1.82, 2.24) is 10.2 Å². The van der Waals surface area contributed by atoms with Crippen LogP contribution in [0.25, 0.3) is 0 Å². The number of halogens is 1. The van der Waals surface area contributed by atoms with Crippen LogP contribution in [0.1, 0.15) is 37.8 Å². The summed E-state index contributed by atoms with van der Waals surface area (Å²) in [5, 5.41) is 4.44. The molecule has 2 nitrogen and oxygen atoms in total. The third-order valence-corrected chi connectivity index (χ3v) is 4.16. The predicted molar refractivity (Wildman–Crippen MR) is 78.1 cm³/mol. The first-order chi connectivity index (χ1) is 8.66. The van der Waals surface area contributed by atoms with Gasteiger partial charge >= 0.3 is 0 Å². The van der Waals surface area contributed by atoms with Gasteiger partial charge in [-0.3, -0.25) is 0 Å². The minimum absolute atomic E-state index is 0.360. The van der Waals surface area contributed by atoms with Crippen molar-refractivity contribution in [3.8, 4) is 0 Å². The highest BCUT2D eigenvalue weighted by atomic mass is 35.5. The van der Waals surface area contributed by atoms with Crippen LogP contribution < -0.4 is 5.32 Å². The van der Waals surface area contributed by atoms with E-state index < -0.39 is 0 Å². The van der Waals surface area contributed by atoms with Crippen LogP contribution in [0.5, 0.6) is 0 Å². The van der Waals surface area contributed by atoms with Crippen LogP contribution in [0, 0.1) is 0 Å². The lowest BCUT2D eigenvalue weighted by Gasteiger charge is -2.33. The molecule has 1 fully saturated rings. The van der Waals surface area contributed by atoms with Crippen LogP contribution in [0.3, 0.4) is 0 Å². The highest BCUT2D eigenvalue weighted by Crippen LogP contribution is 2.19. The molecule has 0 amide bonds. The highest BCUT2D eigenvalue weighted by Gasteiger charge is 2.19. The van der Waals surface area contributed by atoms with E-state index in [1.54, 1.807) is 0 Å². The number of likely N-dealkylation sites (N-methyl/N-ethyl adjacent to an activating group) is 1. The highest BCUT2D eigenvalue weighted by molar-refractivity contribution is 6.30. The zero-order valence-electron chi connectivity index (χ0n) is 11.3. The van der Waals surface area contributed by atoms with Crippen molar-refractivity contribution >= 4 is 11.6 Å². The molecular formula is C15H23ClN2. The molecule has 0 spiro atoms. The number of hydrogen-bond donors (Lipinski definition) is 1. The Morgan fingerprint density at radius 2 is 2.28 bits per heavy atom. The first kappa shape index (κ1) is 13.9. The van der Waals surface area contributed by atoms with Gasteiger partial charge in [-0.15, -0.1) is 0 Å². The van der Waals surface area contributed by atoms with E-state index in [4.69, 9.17) is 11.6 Å². The Morgan fingerprint density at radius 3 is 3.00 bits per heavy atom. The van der Waals surface area contributed by atoms with Gasteiger partial charge in [0.15, 0.2) is 0 Å². The lowest BCUT2D eigenvalue weighted by atomic mass is 10.0. The topological polar surface area (TPSA) is 15.3 Å². The molecule has 1 N–H and O–H groups in total. The summed E-state index contributed by atoms with van der Waals surface area (Å²) in [6, 6.07) is 9.16. The lowest BCUT2D eigenvalue weighted by Crippen LogP contribution is -2.43. The van der Waals surface area contributed by atoms with E-state index in [2.05, 4.69) is 30.3 Å². The molecule has 1 heterocycles. The van der Waals surface area contributed by atoms with Crippen LogP contribution in [0.2, 0.25) is 5.02 Å². The van der Waals surface area contributed by atoms with Crippen LogP contribution in [-0.2, 0) is 0 Å². The standard InChI is InChI=1S/C15H23ClN2/c1-12(13-6-5-7-14(16)10-13)17-11-15-8-3-4-9-18(15)2/h5-7,10,12,15,17H,3-4,8-9,11H2,1-2H3/t12-,15?/m1/s1. The van der Waals surface area contributed by atoms with E-state index in [0.29, 0.717) is 12.1 Å². The predicted octanol–water partition coefficient (Wildman–Crippen LogP) is 3.47. The van der Waals surface area contributed by atoms with Crippen LogP contribution in [0.15, 0.2) is 24.3 Å². The summed E-state index contributed by atoms with van der Waals surface area (Å²) >= 11 is 6.02. The van der Waals surface area contributed by atoms with E-state index in [1.807, 2.05) is 18.2 Å². The van der Waals surface area contributed by atoms with Gasteiger partial charge in [0.25, 0.3) is 0 Å². The molecule has 0 saturated carbocycles. The average Bonchev–Trinajstić information content (AvgIpc) is 2.37. The number of benzene rings is 1. The average molecular weight is 267 g/mol. The molecule has 0 aromatic heterocycles. The van der Waals surface area contributed by atoms with Crippen LogP contribution in [0.4, 0.5) is 0 Å². The molecule has 0 aliphatic carbocycles. The molecule has 1 unspecified atom stereocenters. The van der Waals surface area contributed by atoms with E-state index >= 15 is 0 Å². The maximum Gasteiger partial charge on any atom is 0.0409 e. The Hall–Kier alpha value is -0.570.